The van der Waals surface area contributed by atoms with Crippen molar-refractivity contribution in [3.63, 3.8) is 0 Å². The molecule has 0 aliphatic carbocycles. The molecule has 0 radical (unpaired) electrons. The Hall–Kier alpha value is -2.50. The minimum absolute atomic E-state index is 0.216. The van der Waals surface area contributed by atoms with Gasteiger partial charge >= 0.3 is 5.97 Å². The molecule has 1 aromatic carbocycles. The van der Waals surface area contributed by atoms with Crippen LogP contribution in [0, 0.1) is 12.7 Å². The lowest BCUT2D eigenvalue weighted by Crippen LogP contribution is -2.08. The van der Waals surface area contributed by atoms with E-state index in [9.17, 15) is 9.18 Å². The van der Waals surface area contributed by atoms with Crippen LogP contribution in [0.1, 0.15) is 15.9 Å². The van der Waals surface area contributed by atoms with E-state index in [-0.39, 0.29) is 11.4 Å². The van der Waals surface area contributed by atoms with Crippen molar-refractivity contribution in [2.75, 3.05) is 12.4 Å². The average Bonchev–Trinajstić information content (AvgIpc) is 2.41. The minimum Gasteiger partial charge on any atom is -0.465 e. The van der Waals surface area contributed by atoms with Gasteiger partial charge in [-0.1, -0.05) is 0 Å². The Bertz CT molecular complexity index is 617. The highest BCUT2D eigenvalue weighted by atomic mass is 19.1. The van der Waals surface area contributed by atoms with Crippen molar-refractivity contribution in [3.8, 4) is 0 Å². The second kappa shape index (κ2) is 5.43. The average molecular weight is 261 g/mol. The van der Waals surface area contributed by atoms with Crippen molar-refractivity contribution in [2.45, 2.75) is 6.92 Å². The molecule has 0 spiro atoms. The molecule has 1 aromatic heterocycles. The van der Waals surface area contributed by atoms with E-state index in [2.05, 4.69) is 20.0 Å². The SMILES string of the molecule is COC(=O)c1cncnc1Nc1ccc(F)cc1C. The van der Waals surface area contributed by atoms with Gasteiger partial charge < -0.3 is 10.1 Å². The second-order valence-electron chi connectivity index (χ2n) is 3.86. The molecule has 0 saturated heterocycles. The number of nitrogens with zero attached hydrogens (tertiary/aromatic N) is 2. The fraction of sp³-hybridized carbons (Fsp3) is 0.154. The topological polar surface area (TPSA) is 64.1 Å². The van der Waals surface area contributed by atoms with Crippen LogP contribution in [-0.2, 0) is 4.74 Å². The van der Waals surface area contributed by atoms with Gasteiger partial charge in [-0.05, 0) is 30.7 Å². The van der Waals surface area contributed by atoms with Crippen LogP contribution in [0.2, 0.25) is 0 Å². The third kappa shape index (κ3) is 2.85. The maximum atomic E-state index is 13.0. The largest absolute Gasteiger partial charge is 0.465 e. The fourth-order valence-electron chi connectivity index (χ4n) is 1.58. The Balaban J connectivity index is 2.35. The third-order valence-corrected chi connectivity index (χ3v) is 2.56. The number of hydrogen-bond donors (Lipinski definition) is 1. The van der Waals surface area contributed by atoms with Crippen LogP contribution in [-0.4, -0.2) is 23.0 Å². The Labute approximate surface area is 109 Å². The van der Waals surface area contributed by atoms with E-state index < -0.39 is 5.97 Å². The Morgan fingerprint density at radius 1 is 1.42 bits per heavy atom. The first-order valence-electron chi connectivity index (χ1n) is 5.53. The van der Waals surface area contributed by atoms with Gasteiger partial charge in [-0.15, -0.1) is 0 Å². The van der Waals surface area contributed by atoms with Gasteiger partial charge in [0.25, 0.3) is 0 Å². The van der Waals surface area contributed by atoms with Crippen molar-refractivity contribution >= 4 is 17.5 Å². The maximum Gasteiger partial charge on any atom is 0.343 e. The summed E-state index contributed by atoms with van der Waals surface area (Å²) in [4.78, 5) is 19.3. The maximum absolute atomic E-state index is 13.0. The van der Waals surface area contributed by atoms with Gasteiger partial charge in [-0.2, -0.15) is 0 Å². The standard InChI is InChI=1S/C13H12FN3O2/c1-8-5-9(14)3-4-11(8)17-12-10(13(18)19-2)6-15-7-16-12/h3-7H,1-2H3,(H,15,16,17). The number of anilines is 2. The number of aromatic nitrogens is 2. The number of carbonyl (C=O) groups excluding carboxylic acids is 1. The first kappa shape index (κ1) is 12.9. The van der Waals surface area contributed by atoms with Crippen molar-refractivity contribution in [3.05, 3.63) is 47.7 Å². The molecule has 0 fully saturated rings. The van der Waals surface area contributed by atoms with Gasteiger partial charge in [0.1, 0.15) is 23.5 Å². The van der Waals surface area contributed by atoms with E-state index in [1.807, 2.05) is 0 Å². The van der Waals surface area contributed by atoms with Crippen LogP contribution < -0.4 is 5.32 Å². The van der Waals surface area contributed by atoms with Crippen LogP contribution in [0.15, 0.2) is 30.7 Å². The molecule has 1 N–H and O–H groups in total. The quantitative estimate of drug-likeness (QED) is 0.860. The van der Waals surface area contributed by atoms with Gasteiger partial charge in [0.2, 0.25) is 0 Å². The molecule has 0 bridgehead atoms. The summed E-state index contributed by atoms with van der Waals surface area (Å²) in [5.41, 5.74) is 1.58. The van der Waals surface area contributed by atoms with E-state index in [4.69, 9.17) is 0 Å². The Morgan fingerprint density at radius 3 is 2.89 bits per heavy atom. The highest BCUT2D eigenvalue weighted by Gasteiger charge is 2.14. The van der Waals surface area contributed by atoms with Crippen molar-refractivity contribution in [1.82, 2.24) is 9.97 Å². The summed E-state index contributed by atoms with van der Waals surface area (Å²) in [7, 11) is 1.28. The molecule has 1 heterocycles. The number of methoxy groups -OCH3 is 1. The zero-order valence-electron chi connectivity index (χ0n) is 10.5. The number of ether oxygens (including phenoxy) is 1. The lowest BCUT2D eigenvalue weighted by molar-refractivity contribution is 0.0601. The van der Waals surface area contributed by atoms with Crippen LogP contribution in [0.4, 0.5) is 15.9 Å². The number of halogens is 1. The van der Waals surface area contributed by atoms with Crippen LogP contribution in [0.3, 0.4) is 0 Å². The summed E-state index contributed by atoms with van der Waals surface area (Å²) >= 11 is 0. The van der Waals surface area contributed by atoms with Gasteiger partial charge in [-0.25, -0.2) is 19.2 Å². The lowest BCUT2D eigenvalue weighted by atomic mass is 10.2. The molecule has 0 amide bonds. The summed E-state index contributed by atoms with van der Waals surface area (Å²) in [5.74, 6) is -0.543. The predicted molar refractivity (Wildman–Crippen MR) is 67.8 cm³/mol. The molecule has 98 valence electrons. The molecule has 0 saturated carbocycles. The smallest absolute Gasteiger partial charge is 0.343 e. The first-order chi connectivity index (χ1) is 9.11. The third-order valence-electron chi connectivity index (χ3n) is 2.56. The zero-order valence-corrected chi connectivity index (χ0v) is 10.5. The van der Waals surface area contributed by atoms with E-state index in [0.29, 0.717) is 17.1 Å². The van der Waals surface area contributed by atoms with Crippen LogP contribution in [0.25, 0.3) is 0 Å². The highest BCUT2D eigenvalue weighted by Crippen LogP contribution is 2.22. The number of carbonyl (C=O) groups is 1. The number of nitrogens with one attached hydrogen (secondary N) is 1. The van der Waals surface area contributed by atoms with Crippen molar-refractivity contribution in [2.24, 2.45) is 0 Å². The van der Waals surface area contributed by atoms with E-state index in [0.717, 1.165) is 0 Å². The summed E-state index contributed by atoms with van der Waals surface area (Å²) in [6.07, 6.45) is 2.67. The van der Waals surface area contributed by atoms with Crippen molar-refractivity contribution in [1.29, 1.82) is 0 Å². The summed E-state index contributed by atoms with van der Waals surface area (Å²) in [5, 5.41) is 2.96. The molecular formula is C13H12FN3O2. The van der Waals surface area contributed by atoms with Gasteiger partial charge in [-0.3, -0.25) is 0 Å². The molecule has 19 heavy (non-hydrogen) atoms. The molecule has 5 nitrogen and oxygen atoms in total. The number of aryl methyl sites for hydroxylation is 1. The number of hydrogen-bond acceptors (Lipinski definition) is 5. The predicted octanol–water partition coefficient (Wildman–Crippen LogP) is 2.45. The molecule has 0 aliphatic heterocycles. The summed E-state index contributed by atoms with van der Waals surface area (Å²) < 4.78 is 17.7. The molecule has 0 unspecified atom stereocenters. The molecule has 0 atom stereocenters. The molecule has 0 aliphatic rings. The molecule has 2 rings (SSSR count). The number of rotatable bonds is 3. The lowest BCUT2D eigenvalue weighted by Gasteiger charge is -2.11. The molecule has 6 heteroatoms. The Morgan fingerprint density at radius 2 is 2.21 bits per heavy atom. The van der Waals surface area contributed by atoms with Crippen LogP contribution >= 0.6 is 0 Å². The normalized spacial score (nSPS) is 10.1. The highest BCUT2D eigenvalue weighted by molar-refractivity contribution is 5.95. The van der Waals surface area contributed by atoms with Crippen LogP contribution in [0.5, 0.6) is 0 Å². The van der Waals surface area contributed by atoms with E-state index >= 15 is 0 Å². The zero-order chi connectivity index (χ0) is 13.8. The fourth-order valence-corrected chi connectivity index (χ4v) is 1.58. The van der Waals surface area contributed by atoms with Gasteiger partial charge in [0.15, 0.2) is 0 Å². The van der Waals surface area contributed by atoms with Gasteiger partial charge in [0.05, 0.1) is 7.11 Å². The van der Waals surface area contributed by atoms with Crippen molar-refractivity contribution < 1.29 is 13.9 Å². The summed E-state index contributed by atoms with van der Waals surface area (Å²) in [6.45, 7) is 1.75. The van der Waals surface area contributed by atoms with E-state index in [1.165, 1.54) is 31.8 Å². The number of benzene rings is 1. The molecular weight excluding hydrogens is 249 g/mol. The van der Waals surface area contributed by atoms with E-state index in [1.54, 1.807) is 13.0 Å². The molecule has 2 aromatic rings. The van der Waals surface area contributed by atoms with Gasteiger partial charge in [0, 0.05) is 11.9 Å². The monoisotopic (exact) mass is 261 g/mol. The minimum atomic E-state index is -0.539. The number of esters is 1. The first-order valence-corrected chi connectivity index (χ1v) is 5.53. The Kier molecular flexibility index (Phi) is 3.70. The second-order valence-corrected chi connectivity index (χ2v) is 3.86. The summed E-state index contributed by atoms with van der Waals surface area (Å²) in [6, 6.07) is 4.30.